The number of halogens is 1. The Balaban J connectivity index is 1.63. The molecule has 1 aliphatic rings. The summed E-state index contributed by atoms with van der Waals surface area (Å²) in [6, 6.07) is 5.85. The van der Waals surface area contributed by atoms with Gasteiger partial charge in [0, 0.05) is 6.54 Å². The quantitative estimate of drug-likeness (QED) is 0.901. The normalized spacial score (nSPS) is 13.0. The molecule has 2 heterocycles. The van der Waals surface area contributed by atoms with E-state index >= 15 is 0 Å². The van der Waals surface area contributed by atoms with E-state index in [0.29, 0.717) is 25.6 Å². The van der Waals surface area contributed by atoms with E-state index in [4.69, 9.17) is 21.1 Å². The molecule has 0 atom stereocenters. The highest BCUT2D eigenvalue weighted by atomic mass is 35.5. The molecular weight excluding hydrogens is 294 g/mol. The maximum atomic E-state index is 11.3. The molecule has 0 radical (unpaired) electrons. The summed E-state index contributed by atoms with van der Waals surface area (Å²) in [6.07, 6.45) is 2.07. The molecule has 0 amide bonds. The zero-order valence-electron chi connectivity index (χ0n) is 11.2. The number of hydrogen-bond acceptors (Lipinski definition) is 5. The van der Waals surface area contributed by atoms with Crippen LogP contribution in [0.25, 0.3) is 0 Å². The van der Waals surface area contributed by atoms with E-state index in [1.165, 1.54) is 6.33 Å². The summed E-state index contributed by atoms with van der Waals surface area (Å²) in [5.41, 5.74) is 0.751. The molecule has 7 heteroatoms. The van der Waals surface area contributed by atoms with Gasteiger partial charge >= 0.3 is 0 Å². The number of rotatable bonds is 4. The Hall–Kier alpha value is -2.21. The van der Waals surface area contributed by atoms with Gasteiger partial charge in [0.2, 0.25) is 0 Å². The number of aromatic amines is 1. The molecule has 110 valence electrons. The Kier molecular flexibility index (Phi) is 3.96. The number of fused-ring (bicyclic) bond motifs is 1. The molecule has 2 N–H and O–H groups in total. The first kappa shape index (κ1) is 13.8. The topological polar surface area (TPSA) is 76.2 Å². The van der Waals surface area contributed by atoms with Crippen molar-refractivity contribution >= 4 is 17.4 Å². The van der Waals surface area contributed by atoms with Crippen LogP contribution in [0.5, 0.6) is 11.5 Å². The van der Waals surface area contributed by atoms with Crippen LogP contribution >= 0.6 is 11.6 Å². The van der Waals surface area contributed by atoms with Crippen LogP contribution < -0.4 is 20.3 Å². The number of benzene rings is 1. The summed E-state index contributed by atoms with van der Waals surface area (Å²) >= 11 is 5.86. The molecule has 6 nitrogen and oxygen atoms in total. The zero-order chi connectivity index (χ0) is 14.7. The van der Waals surface area contributed by atoms with Gasteiger partial charge in [-0.05, 0) is 24.1 Å². The third-order valence-electron chi connectivity index (χ3n) is 3.11. The molecular formula is C14H14ClN3O3. The molecule has 21 heavy (non-hydrogen) atoms. The molecule has 0 saturated heterocycles. The highest BCUT2D eigenvalue weighted by Gasteiger charge is 2.11. The van der Waals surface area contributed by atoms with Gasteiger partial charge in [0.25, 0.3) is 5.56 Å². The SMILES string of the molecule is O=c1[nH]cnc(NCCc2ccc3c(c2)OCCO3)c1Cl. The third-order valence-corrected chi connectivity index (χ3v) is 3.46. The molecule has 2 aromatic rings. The van der Waals surface area contributed by atoms with Gasteiger partial charge in [-0.25, -0.2) is 4.98 Å². The monoisotopic (exact) mass is 307 g/mol. The Labute approximate surface area is 126 Å². The van der Waals surface area contributed by atoms with Crippen molar-refractivity contribution in [3.63, 3.8) is 0 Å². The minimum atomic E-state index is -0.353. The number of nitrogens with zero attached hydrogens (tertiary/aromatic N) is 1. The van der Waals surface area contributed by atoms with Crippen LogP contribution in [0.3, 0.4) is 0 Å². The molecule has 0 aliphatic carbocycles. The van der Waals surface area contributed by atoms with Crippen molar-refractivity contribution < 1.29 is 9.47 Å². The van der Waals surface area contributed by atoms with Crippen LogP contribution in [0, 0.1) is 0 Å². The summed E-state index contributed by atoms with van der Waals surface area (Å²) < 4.78 is 11.0. The lowest BCUT2D eigenvalue weighted by Crippen LogP contribution is -2.16. The zero-order valence-corrected chi connectivity index (χ0v) is 11.9. The standard InChI is InChI=1S/C14H14ClN3O3/c15-12-13(17-8-18-14(12)19)16-4-3-9-1-2-10-11(7-9)21-6-5-20-10/h1-2,7-8H,3-6H2,(H2,16,17,18,19). The number of ether oxygens (including phenoxy) is 2. The van der Waals surface area contributed by atoms with Crippen LogP contribution in [-0.4, -0.2) is 29.7 Å². The van der Waals surface area contributed by atoms with Gasteiger partial charge in [-0.15, -0.1) is 0 Å². The van der Waals surface area contributed by atoms with E-state index in [-0.39, 0.29) is 10.6 Å². The lowest BCUT2D eigenvalue weighted by atomic mass is 10.1. The van der Waals surface area contributed by atoms with Crippen LogP contribution in [0.1, 0.15) is 5.56 Å². The smallest absolute Gasteiger partial charge is 0.271 e. The summed E-state index contributed by atoms with van der Waals surface area (Å²) in [4.78, 5) is 17.7. The average Bonchev–Trinajstić information content (AvgIpc) is 2.51. The summed E-state index contributed by atoms with van der Waals surface area (Å²) in [5.74, 6) is 1.93. The van der Waals surface area contributed by atoms with Gasteiger partial charge in [-0.3, -0.25) is 4.79 Å². The van der Waals surface area contributed by atoms with E-state index in [0.717, 1.165) is 23.5 Å². The first-order chi connectivity index (χ1) is 10.2. The Bertz CT molecular complexity index is 702. The van der Waals surface area contributed by atoms with Crippen LogP contribution in [0.2, 0.25) is 5.02 Å². The van der Waals surface area contributed by atoms with Crippen molar-refractivity contribution in [2.24, 2.45) is 0 Å². The van der Waals surface area contributed by atoms with Gasteiger partial charge in [0.1, 0.15) is 18.2 Å². The number of nitrogens with one attached hydrogen (secondary N) is 2. The van der Waals surface area contributed by atoms with Gasteiger partial charge < -0.3 is 19.8 Å². The summed E-state index contributed by atoms with van der Waals surface area (Å²) in [6.45, 7) is 1.76. The van der Waals surface area contributed by atoms with E-state index in [9.17, 15) is 4.79 Å². The second-order valence-corrected chi connectivity index (χ2v) is 4.93. The Morgan fingerprint density at radius 3 is 2.95 bits per heavy atom. The van der Waals surface area contributed by atoms with Crippen LogP contribution in [-0.2, 0) is 6.42 Å². The molecule has 1 aliphatic heterocycles. The largest absolute Gasteiger partial charge is 0.486 e. The lowest BCUT2D eigenvalue weighted by Gasteiger charge is -2.18. The Morgan fingerprint density at radius 2 is 2.10 bits per heavy atom. The molecule has 1 aromatic carbocycles. The first-order valence-electron chi connectivity index (χ1n) is 6.59. The van der Waals surface area contributed by atoms with Crippen molar-refractivity contribution in [3.05, 3.63) is 45.5 Å². The fraction of sp³-hybridized carbons (Fsp3) is 0.286. The second-order valence-electron chi connectivity index (χ2n) is 4.55. The summed E-state index contributed by atoms with van der Waals surface area (Å²) in [5, 5.41) is 3.12. The molecule has 0 spiro atoms. The number of anilines is 1. The van der Waals surface area contributed by atoms with E-state index in [1.807, 2.05) is 18.2 Å². The van der Waals surface area contributed by atoms with Crippen LogP contribution in [0.4, 0.5) is 5.82 Å². The number of H-pyrrole nitrogens is 1. The van der Waals surface area contributed by atoms with E-state index < -0.39 is 0 Å². The lowest BCUT2D eigenvalue weighted by molar-refractivity contribution is 0.171. The van der Waals surface area contributed by atoms with Gasteiger partial charge in [-0.1, -0.05) is 17.7 Å². The van der Waals surface area contributed by atoms with Crippen molar-refractivity contribution in [1.29, 1.82) is 0 Å². The fourth-order valence-corrected chi connectivity index (χ4v) is 2.24. The highest BCUT2D eigenvalue weighted by Crippen LogP contribution is 2.30. The number of hydrogen-bond donors (Lipinski definition) is 2. The second kappa shape index (κ2) is 6.05. The molecule has 0 unspecified atom stereocenters. The average molecular weight is 308 g/mol. The predicted octanol–water partition coefficient (Wildman–Crippen LogP) is 1.85. The fourth-order valence-electron chi connectivity index (χ4n) is 2.07. The maximum Gasteiger partial charge on any atom is 0.271 e. The van der Waals surface area contributed by atoms with E-state index in [2.05, 4.69) is 15.3 Å². The molecule has 0 saturated carbocycles. The highest BCUT2D eigenvalue weighted by molar-refractivity contribution is 6.32. The van der Waals surface area contributed by atoms with Gasteiger partial charge in [0.05, 0.1) is 6.33 Å². The van der Waals surface area contributed by atoms with Gasteiger partial charge in [-0.2, -0.15) is 0 Å². The van der Waals surface area contributed by atoms with Crippen LogP contribution in [0.15, 0.2) is 29.3 Å². The minimum absolute atomic E-state index is 0.0691. The molecule has 0 bridgehead atoms. The number of aromatic nitrogens is 2. The minimum Gasteiger partial charge on any atom is -0.486 e. The van der Waals surface area contributed by atoms with Gasteiger partial charge in [0.15, 0.2) is 17.3 Å². The molecule has 1 aromatic heterocycles. The van der Waals surface area contributed by atoms with E-state index in [1.54, 1.807) is 0 Å². The van der Waals surface area contributed by atoms with Crippen molar-refractivity contribution in [2.45, 2.75) is 6.42 Å². The third kappa shape index (κ3) is 3.11. The van der Waals surface area contributed by atoms with Crippen molar-refractivity contribution in [1.82, 2.24) is 9.97 Å². The Morgan fingerprint density at radius 1 is 1.29 bits per heavy atom. The predicted molar refractivity (Wildman–Crippen MR) is 79.5 cm³/mol. The van der Waals surface area contributed by atoms with Crippen molar-refractivity contribution in [2.75, 3.05) is 25.1 Å². The molecule has 0 fully saturated rings. The van der Waals surface area contributed by atoms with Crippen molar-refractivity contribution in [3.8, 4) is 11.5 Å². The molecule has 3 rings (SSSR count). The summed E-state index contributed by atoms with van der Waals surface area (Å²) in [7, 11) is 0. The first-order valence-corrected chi connectivity index (χ1v) is 6.97. The maximum absolute atomic E-state index is 11.3.